The van der Waals surface area contributed by atoms with Crippen LogP contribution in [0.3, 0.4) is 0 Å². The summed E-state index contributed by atoms with van der Waals surface area (Å²) >= 11 is 1.05. The molecule has 0 bridgehead atoms. The molecule has 0 fully saturated rings. The number of amides is 2. The predicted octanol–water partition coefficient (Wildman–Crippen LogP) is 2.05. The fourth-order valence-corrected chi connectivity index (χ4v) is 3.66. The van der Waals surface area contributed by atoms with E-state index in [0.29, 0.717) is 6.54 Å². The number of rotatable bonds is 5. The van der Waals surface area contributed by atoms with Gasteiger partial charge >= 0.3 is 6.03 Å². The summed E-state index contributed by atoms with van der Waals surface area (Å²) in [5.74, 6) is 0. The average Bonchev–Trinajstić information content (AvgIpc) is 2.96. The summed E-state index contributed by atoms with van der Waals surface area (Å²) in [6.45, 7) is 2.77. The van der Waals surface area contributed by atoms with Gasteiger partial charge < -0.3 is 10.2 Å². The van der Waals surface area contributed by atoms with Crippen molar-refractivity contribution in [1.82, 2.24) is 10.2 Å². The van der Waals surface area contributed by atoms with E-state index in [1.54, 1.807) is 18.0 Å². The number of aryl methyl sites for hydroxylation is 1. The van der Waals surface area contributed by atoms with Crippen molar-refractivity contribution in [2.24, 2.45) is 5.14 Å². The Morgan fingerprint density at radius 2 is 1.87 bits per heavy atom. The van der Waals surface area contributed by atoms with Crippen LogP contribution >= 0.6 is 11.3 Å². The van der Waals surface area contributed by atoms with E-state index in [1.807, 2.05) is 31.2 Å². The Hall–Kier alpha value is -1.90. The van der Waals surface area contributed by atoms with Crippen LogP contribution in [-0.2, 0) is 23.1 Å². The molecule has 1 aromatic carbocycles. The lowest BCUT2D eigenvalue weighted by atomic mass is 10.1. The third-order valence-electron chi connectivity index (χ3n) is 3.22. The van der Waals surface area contributed by atoms with Gasteiger partial charge in [-0.1, -0.05) is 29.8 Å². The molecule has 0 atom stereocenters. The molecule has 6 nitrogen and oxygen atoms in total. The van der Waals surface area contributed by atoms with Crippen LogP contribution in [0, 0.1) is 6.92 Å². The maximum absolute atomic E-state index is 12.1. The third kappa shape index (κ3) is 5.05. The van der Waals surface area contributed by atoms with Crippen molar-refractivity contribution in [1.29, 1.82) is 0 Å². The number of nitrogens with zero attached hydrogens (tertiary/aromatic N) is 1. The summed E-state index contributed by atoms with van der Waals surface area (Å²) in [6, 6.07) is 10.8. The SMILES string of the molecule is Cc1ccc(CN(C)C(=O)NCc2ccc(S(N)(=O)=O)s2)cc1. The molecule has 2 rings (SSSR count). The Kier molecular flexibility index (Phi) is 5.40. The number of carbonyl (C=O) groups excluding carboxylic acids is 1. The van der Waals surface area contributed by atoms with E-state index in [2.05, 4.69) is 5.32 Å². The van der Waals surface area contributed by atoms with Crippen molar-refractivity contribution in [3.63, 3.8) is 0 Å². The zero-order chi connectivity index (χ0) is 17.0. The Balaban J connectivity index is 1.89. The van der Waals surface area contributed by atoms with Crippen molar-refractivity contribution in [2.75, 3.05) is 7.05 Å². The number of primary sulfonamides is 1. The maximum Gasteiger partial charge on any atom is 0.317 e. The second kappa shape index (κ2) is 7.12. The zero-order valence-corrected chi connectivity index (χ0v) is 14.6. The molecule has 0 aliphatic rings. The van der Waals surface area contributed by atoms with Gasteiger partial charge in [0.2, 0.25) is 10.0 Å². The molecule has 2 amide bonds. The second-order valence-corrected chi connectivity index (χ2v) is 8.22. The van der Waals surface area contributed by atoms with Crippen LogP contribution in [0.5, 0.6) is 0 Å². The number of thiophene rings is 1. The van der Waals surface area contributed by atoms with Gasteiger partial charge in [-0.3, -0.25) is 0 Å². The van der Waals surface area contributed by atoms with Crippen LogP contribution in [0.1, 0.15) is 16.0 Å². The molecule has 3 N–H and O–H groups in total. The zero-order valence-electron chi connectivity index (χ0n) is 12.9. The van der Waals surface area contributed by atoms with Crippen molar-refractivity contribution in [3.8, 4) is 0 Å². The number of sulfonamides is 1. The molecule has 0 unspecified atom stereocenters. The van der Waals surface area contributed by atoms with E-state index in [1.165, 1.54) is 11.6 Å². The van der Waals surface area contributed by atoms with Gasteiger partial charge in [0.05, 0.1) is 6.54 Å². The normalized spacial score (nSPS) is 11.3. The molecule has 0 aliphatic heterocycles. The minimum Gasteiger partial charge on any atom is -0.333 e. The van der Waals surface area contributed by atoms with E-state index in [0.717, 1.165) is 21.8 Å². The van der Waals surface area contributed by atoms with Crippen LogP contribution in [0.15, 0.2) is 40.6 Å². The molecule has 0 saturated carbocycles. The van der Waals surface area contributed by atoms with Crippen molar-refractivity contribution < 1.29 is 13.2 Å². The number of benzene rings is 1. The number of nitrogens with one attached hydrogen (secondary N) is 1. The second-order valence-electron chi connectivity index (χ2n) is 5.27. The van der Waals surface area contributed by atoms with Crippen LogP contribution < -0.4 is 10.5 Å². The molecule has 1 aromatic heterocycles. The smallest absolute Gasteiger partial charge is 0.317 e. The lowest BCUT2D eigenvalue weighted by Crippen LogP contribution is -2.36. The van der Waals surface area contributed by atoms with Crippen molar-refractivity contribution in [3.05, 3.63) is 52.4 Å². The van der Waals surface area contributed by atoms with Gasteiger partial charge in [-0.15, -0.1) is 11.3 Å². The lowest BCUT2D eigenvalue weighted by molar-refractivity contribution is 0.206. The number of hydrogen-bond acceptors (Lipinski definition) is 4. The van der Waals surface area contributed by atoms with Crippen molar-refractivity contribution >= 4 is 27.4 Å². The van der Waals surface area contributed by atoms with Crippen LogP contribution in [0.4, 0.5) is 4.79 Å². The summed E-state index contributed by atoms with van der Waals surface area (Å²) in [7, 11) is -1.98. The van der Waals surface area contributed by atoms with E-state index < -0.39 is 10.0 Å². The Morgan fingerprint density at radius 3 is 2.43 bits per heavy atom. The molecule has 1 heterocycles. The highest BCUT2D eigenvalue weighted by atomic mass is 32.2. The summed E-state index contributed by atoms with van der Waals surface area (Å²) < 4.78 is 22.5. The quantitative estimate of drug-likeness (QED) is 0.861. The average molecular weight is 353 g/mol. The number of nitrogens with two attached hydrogens (primary N) is 1. The van der Waals surface area contributed by atoms with Gasteiger partial charge in [0.1, 0.15) is 4.21 Å². The first-order valence-corrected chi connectivity index (χ1v) is 9.28. The molecule has 0 spiro atoms. The first-order chi connectivity index (χ1) is 10.8. The summed E-state index contributed by atoms with van der Waals surface area (Å²) in [4.78, 5) is 14.4. The van der Waals surface area contributed by atoms with E-state index in [9.17, 15) is 13.2 Å². The van der Waals surface area contributed by atoms with E-state index >= 15 is 0 Å². The summed E-state index contributed by atoms with van der Waals surface area (Å²) in [6.07, 6.45) is 0. The minimum absolute atomic E-state index is 0.0924. The van der Waals surface area contributed by atoms with Gasteiger partial charge in [0.15, 0.2) is 0 Å². The monoisotopic (exact) mass is 353 g/mol. The minimum atomic E-state index is -3.69. The van der Waals surface area contributed by atoms with E-state index in [4.69, 9.17) is 5.14 Å². The first kappa shape index (κ1) is 17.5. The summed E-state index contributed by atoms with van der Waals surface area (Å²) in [5.41, 5.74) is 2.21. The predicted molar refractivity (Wildman–Crippen MR) is 90.6 cm³/mol. The summed E-state index contributed by atoms with van der Waals surface area (Å²) in [5, 5.41) is 7.81. The molecule has 23 heavy (non-hydrogen) atoms. The van der Waals surface area contributed by atoms with Crippen LogP contribution in [0.25, 0.3) is 0 Å². The molecule has 8 heteroatoms. The van der Waals surface area contributed by atoms with Gasteiger partial charge in [-0.25, -0.2) is 18.4 Å². The number of urea groups is 1. The molecule has 2 aromatic rings. The Labute approximate surface area is 140 Å². The Morgan fingerprint density at radius 1 is 1.22 bits per heavy atom. The first-order valence-electron chi connectivity index (χ1n) is 6.92. The molecular formula is C15H19N3O3S2. The molecular weight excluding hydrogens is 334 g/mol. The highest BCUT2D eigenvalue weighted by Crippen LogP contribution is 2.20. The van der Waals surface area contributed by atoms with Gasteiger partial charge in [-0.05, 0) is 24.6 Å². The number of carbonyl (C=O) groups is 1. The third-order valence-corrected chi connectivity index (χ3v) is 5.74. The highest BCUT2D eigenvalue weighted by molar-refractivity contribution is 7.91. The van der Waals surface area contributed by atoms with Gasteiger partial charge in [0.25, 0.3) is 0 Å². The van der Waals surface area contributed by atoms with Crippen LogP contribution in [0.2, 0.25) is 0 Å². The van der Waals surface area contributed by atoms with Crippen molar-refractivity contribution in [2.45, 2.75) is 24.2 Å². The van der Waals surface area contributed by atoms with Gasteiger partial charge in [-0.2, -0.15) is 0 Å². The van der Waals surface area contributed by atoms with Crippen LogP contribution in [-0.4, -0.2) is 26.4 Å². The molecule has 0 aliphatic carbocycles. The fourth-order valence-electron chi connectivity index (χ4n) is 1.94. The Bertz CT molecular complexity index is 783. The lowest BCUT2D eigenvalue weighted by Gasteiger charge is -2.18. The van der Waals surface area contributed by atoms with Gasteiger partial charge in [0, 0.05) is 18.5 Å². The molecule has 0 radical (unpaired) electrons. The van der Waals surface area contributed by atoms with E-state index in [-0.39, 0.29) is 16.8 Å². The number of hydrogen-bond donors (Lipinski definition) is 2. The fraction of sp³-hybridized carbons (Fsp3) is 0.267. The topological polar surface area (TPSA) is 92.5 Å². The standard InChI is InChI=1S/C15H19N3O3S2/c1-11-3-5-12(6-4-11)10-18(2)15(19)17-9-13-7-8-14(22-13)23(16,20)21/h3-8H,9-10H2,1-2H3,(H,17,19)(H2,16,20,21). The highest BCUT2D eigenvalue weighted by Gasteiger charge is 2.13. The largest absolute Gasteiger partial charge is 0.333 e. The maximum atomic E-state index is 12.1. The molecule has 0 saturated heterocycles. The molecule has 124 valence electrons.